The smallest absolute Gasteiger partial charge is 0.166 e. The second kappa shape index (κ2) is 5.40. The molecule has 0 saturated carbocycles. The molecule has 0 aliphatic rings. The minimum Gasteiger partial charge on any atom is -0.166 e. The number of hydrogen-bond donors (Lipinski definition) is 0. The summed E-state index contributed by atoms with van der Waals surface area (Å²) in [7, 11) is 0. The summed E-state index contributed by atoms with van der Waals surface area (Å²) in [6.07, 6.45) is -4.34. The van der Waals surface area contributed by atoms with Crippen LogP contribution in [0.2, 0.25) is 5.02 Å². The lowest BCUT2D eigenvalue weighted by Gasteiger charge is -2.05. The molecule has 98 valence electrons. The van der Waals surface area contributed by atoms with E-state index in [9.17, 15) is 13.2 Å². The van der Waals surface area contributed by atoms with E-state index in [2.05, 4.69) is 10.2 Å². The monoisotopic (exact) mass is 284 g/mol. The van der Waals surface area contributed by atoms with Crippen molar-refractivity contribution in [3.8, 4) is 0 Å². The highest BCUT2D eigenvalue weighted by atomic mass is 35.5. The SMILES string of the molecule is FC(F)(F)c1ccc(/N=N/c2cccc(Cl)c2)cc1. The van der Waals surface area contributed by atoms with Crippen LogP contribution in [0.1, 0.15) is 5.56 Å². The molecule has 0 aliphatic carbocycles. The predicted molar refractivity (Wildman–Crippen MR) is 67.1 cm³/mol. The van der Waals surface area contributed by atoms with Crippen molar-refractivity contribution in [1.29, 1.82) is 0 Å². The van der Waals surface area contributed by atoms with Crippen molar-refractivity contribution in [1.82, 2.24) is 0 Å². The van der Waals surface area contributed by atoms with E-state index in [1.165, 1.54) is 12.1 Å². The molecule has 0 aliphatic heterocycles. The Morgan fingerprint density at radius 3 is 2.05 bits per heavy atom. The van der Waals surface area contributed by atoms with E-state index >= 15 is 0 Å². The first-order valence-corrected chi connectivity index (χ1v) is 5.67. The first-order valence-electron chi connectivity index (χ1n) is 5.30. The highest BCUT2D eigenvalue weighted by molar-refractivity contribution is 6.30. The molecular formula is C13H8ClF3N2. The van der Waals surface area contributed by atoms with Crippen LogP contribution < -0.4 is 0 Å². The van der Waals surface area contributed by atoms with Crippen LogP contribution in [0.25, 0.3) is 0 Å². The van der Waals surface area contributed by atoms with Crippen LogP contribution in [0.5, 0.6) is 0 Å². The number of azo groups is 1. The molecule has 0 aromatic heterocycles. The third-order valence-corrected chi connectivity index (χ3v) is 2.52. The molecule has 0 bridgehead atoms. The fraction of sp³-hybridized carbons (Fsp3) is 0.0769. The van der Waals surface area contributed by atoms with E-state index in [1.807, 2.05) is 0 Å². The number of nitrogens with zero attached hydrogens (tertiary/aromatic N) is 2. The summed E-state index contributed by atoms with van der Waals surface area (Å²) in [5.74, 6) is 0. The Morgan fingerprint density at radius 2 is 1.47 bits per heavy atom. The van der Waals surface area contributed by atoms with Crippen molar-refractivity contribution in [2.24, 2.45) is 10.2 Å². The number of rotatable bonds is 2. The summed E-state index contributed by atoms with van der Waals surface area (Å²) < 4.78 is 37.0. The first kappa shape index (κ1) is 13.5. The van der Waals surface area contributed by atoms with Crippen molar-refractivity contribution in [2.75, 3.05) is 0 Å². The molecule has 2 aromatic carbocycles. The van der Waals surface area contributed by atoms with Gasteiger partial charge in [-0.05, 0) is 42.5 Å². The fourth-order valence-corrected chi connectivity index (χ4v) is 1.56. The molecule has 0 unspecified atom stereocenters. The number of benzene rings is 2. The maximum Gasteiger partial charge on any atom is 0.416 e. The molecular weight excluding hydrogens is 277 g/mol. The Morgan fingerprint density at radius 1 is 0.842 bits per heavy atom. The predicted octanol–water partition coefficient (Wildman–Crippen LogP) is 5.77. The average Bonchev–Trinajstić information content (AvgIpc) is 2.36. The fourth-order valence-electron chi connectivity index (χ4n) is 1.37. The maximum atomic E-state index is 12.3. The van der Waals surface area contributed by atoms with Gasteiger partial charge in [-0.25, -0.2) is 0 Å². The Balaban J connectivity index is 2.16. The second-order valence-corrected chi connectivity index (χ2v) is 4.16. The largest absolute Gasteiger partial charge is 0.416 e. The lowest BCUT2D eigenvalue weighted by Crippen LogP contribution is -2.03. The molecule has 0 radical (unpaired) electrons. The van der Waals surface area contributed by atoms with Crippen molar-refractivity contribution in [3.63, 3.8) is 0 Å². The van der Waals surface area contributed by atoms with E-state index in [0.29, 0.717) is 16.4 Å². The summed E-state index contributed by atoms with van der Waals surface area (Å²) in [5, 5.41) is 8.25. The van der Waals surface area contributed by atoms with Gasteiger partial charge in [0, 0.05) is 5.02 Å². The quantitative estimate of drug-likeness (QED) is 0.625. The van der Waals surface area contributed by atoms with Gasteiger partial charge in [-0.15, -0.1) is 0 Å². The van der Waals surface area contributed by atoms with Gasteiger partial charge in [0.05, 0.1) is 16.9 Å². The van der Waals surface area contributed by atoms with E-state index < -0.39 is 11.7 Å². The van der Waals surface area contributed by atoms with Crippen molar-refractivity contribution < 1.29 is 13.2 Å². The van der Waals surface area contributed by atoms with Crippen LogP contribution in [-0.4, -0.2) is 0 Å². The normalized spacial score (nSPS) is 12.0. The van der Waals surface area contributed by atoms with Gasteiger partial charge in [-0.3, -0.25) is 0 Å². The zero-order valence-corrected chi connectivity index (χ0v) is 10.3. The molecule has 6 heteroatoms. The Kier molecular flexibility index (Phi) is 3.85. The zero-order chi connectivity index (χ0) is 13.9. The van der Waals surface area contributed by atoms with Gasteiger partial charge in [-0.1, -0.05) is 17.7 Å². The van der Waals surface area contributed by atoms with E-state index in [4.69, 9.17) is 11.6 Å². The van der Waals surface area contributed by atoms with Gasteiger partial charge in [0.2, 0.25) is 0 Å². The molecule has 0 amide bonds. The van der Waals surface area contributed by atoms with E-state index in [0.717, 1.165) is 12.1 Å². The molecule has 0 fully saturated rings. The van der Waals surface area contributed by atoms with Gasteiger partial charge in [0.1, 0.15) is 0 Å². The Hall–Kier alpha value is -1.88. The first-order chi connectivity index (χ1) is 8.95. The molecule has 2 aromatic rings. The third-order valence-electron chi connectivity index (χ3n) is 2.28. The molecule has 0 atom stereocenters. The van der Waals surface area contributed by atoms with Crippen LogP contribution in [0.3, 0.4) is 0 Å². The van der Waals surface area contributed by atoms with E-state index in [-0.39, 0.29) is 0 Å². The van der Waals surface area contributed by atoms with Gasteiger partial charge < -0.3 is 0 Å². The average molecular weight is 285 g/mol. The molecule has 0 spiro atoms. The highest BCUT2D eigenvalue weighted by Crippen LogP contribution is 2.30. The topological polar surface area (TPSA) is 24.7 Å². The Bertz CT molecular complexity index is 592. The minimum atomic E-state index is -4.34. The van der Waals surface area contributed by atoms with E-state index in [1.54, 1.807) is 24.3 Å². The van der Waals surface area contributed by atoms with Crippen molar-refractivity contribution >= 4 is 23.0 Å². The number of hydrogen-bond acceptors (Lipinski definition) is 2. The van der Waals surface area contributed by atoms with Crippen LogP contribution in [0.4, 0.5) is 24.5 Å². The van der Waals surface area contributed by atoms with Crippen LogP contribution >= 0.6 is 11.6 Å². The molecule has 2 rings (SSSR count). The minimum absolute atomic E-state index is 0.341. The lowest BCUT2D eigenvalue weighted by atomic mass is 10.2. The summed E-state index contributed by atoms with van der Waals surface area (Å²) in [4.78, 5) is 0. The Labute approximate surface area is 112 Å². The van der Waals surface area contributed by atoms with Crippen LogP contribution in [0, 0.1) is 0 Å². The van der Waals surface area contributed by atoms with Crippen molar-refractivity contribution in [2.45, 2.75) is 6.18 Å². The van der Waals surface area contributed by atoms with Crippen molar-refractivity contribution in [3.05, 3.63) is 59.1 Å². The van der Waals surface area contributed by atoms with Crippen LogP contribution in [-0.2, 0) is 6.18 Å². The highest BCUT2D eigenvalue weighted by Gasteiger charge is 2.29. The van der Waals surface area contributed by atoms with Gasteiger partial charge in [0.25, 0.3) is 0 Å². The summed E-state index contributed by atoms with van der Waals surface area (Å²) >= 11 is 5.77. The second-order valence-electron chi connectivity index (χ2n) is 3.72. The van der Waals surface area contributed by atoms with Gasteiger partial charge in [0.15, 0.2) is 0 Å². The number of alkyl halides is 3. The third kappa shape index (κ3) is 3.79. The molecule has 2 nitrogen and oxygen atoms in total. The summed E-state index contributed by atoms with van der Waals surface area (Å²) in [5.41, 5.74) is 0.162. The summed E-state index contributed by atoms with van der Waals surface area (Å²) in [6.45, 7) is 0. The molecule has 19 heavy (non-hydrogen) atoms. The van der Waals surface area contributed by atoms with Crippen LogP contribution in [0.15, 0.2) is 58.8 Å². The standard InChI is InChI=1S/C13H8ClF3N2/c14-10-2-1-3-12(8-10)19-18-11-6-4-9(5-7-11)13(15,16)17/h1-8H/b19-18+. The molecule has 0 N–H and O–H groups in total. The molecule has 0 saturated heterocycles. The maximum absolute atomic E-state index is 12.3. The zero-order valence-electron chi connectivity index (χ0n) is 9.53. The molecule has 0 heterocycles. The van der Waals surface area contributed by atoms with Gasteiger partial charge in [-0.2, -0.15) is 23.4 Å². The number of halogens is 4. The van der Waals surface area contributed by atoms with Gasteiger partial charge >= 0.3 is 6.18 Å². The lowest BCUT2D eigenvalue weighted by molar-refractivity contribution is -0.137. The summed E-state index contributed by atoms with van der Waals surface area (Å²) in [6, 6.07) is 11.2.